The van der Waals surface area contributed by atoms with Crippen LogP contribution in [0.15, 0.2) is 57.6 Å². The predicted octanol–water partition coefficient (Wildman–Crippen LogP) is 7.02. The van der Waals surface area contributed by atoms with Gasteiger partial charge in [0.2, 0.25) is 5.91 Å². The van der Waals surface area contributed by atoms with Crippen LogP contribution < -0.4 is 4.74 Å². The molecule has 0 saturated carbocycles. The van der Waals surface area contributed by atoms with Crippen molar-refractivity contribution >= 4 is 69.6 Å². The monoisotopic (exact) mass is 539 g/mol. The first-order chi connectivity index (χ1) is 16.2. The van der Waals surface area contributed by atoms with Gasteiger partial charge in [-0.25, -0.2) is 9.79 Å². The van der Waals surface area contributed by atoms with Crippen molar-refractivity contribution < 1.29 is 24.2 Å². The first kappa shape index (κ1) is 26.2. The summed E-state index contributed by atoms with van der Waals surface area (Å²) in [5.74, 6) is -1.24. The van der Waals surface area contributed by atoms with Crippen LogP contribution in [0.25, 0.3) is 6.08 Å². The number of aliphatic hydroxyl groups is 1. The number of aliphatic hydroxyl groups excluding tert-OH is 1. The van der Waals surface area contributed by atoms with E-state index >= 15 is 0 Å². The van der Waals surface area contributed by atoms with E-state index in [0.717, 1.165) is 17.3 Å². The molecule has 2 aromatic carbocycles. The Bertz CT molecular complexity index is 1200. The van der Waals surface area contributed by atoms with Gasteiger partial charge in [-0.2, -0.15) is 0 Å². The number of rotatable bonds is 7. The Morgan fingerprint density at radius 2 is 1.76 bits per heavy atom. The normalized spacial score (nSPS) is 15.8. The fraction of sp³-hybridized carbons (Fsp3) is 0.208. The summed E-state index contributed by atoms with van der Waals surface area (Å²) in [5, 5.41) is 11.8. The summed E-state index contributed by atoms with van der Waals surface area (Å²) in [6.45, 7) is 3.57. The van der Waals surface area contributed by atoms with E-state index in [1.54, 1.807) is 38.1 Å². The first-order valence-corrected chi connectivity index (χ1v) is 12.2. The zero-order chi connectivity index (χ0) is 24.8. The van der Waals surface area contributed by atoms with Gasteiger partial charge in [0.05, 0.1) is 21.6 Å². The molecule has 1 amide bonds. The fourth-order valence-corrected chi connectivity index (χ4v) is 4.74. The molecule has 0 unspecified atom stereocenters. The van der Waals surface area contributed by atoms with Gasteiger partial charge in [-0.3, -0.25) is 4.79 Å². The second-order valence-corrected chi connectivity index (χ2v) is 9.16. The van der Waals surface area contributed by atoms with Crippen molar-refractivity contribution in [1.29, 1.82) is 0 Å². The summed E-state index contributed by atoms with van der Waals surface area (Å²) in [6.07, 6.45) is 1.73. The summed E-state index contributed by atoms with van der Waals surface area (Å²) >= 11 is 19.9. The molecular formula is C24H20Cl3NO5S. The standard InChI is InChI=1S/C24H20Cl3NO5S/c1-3-19(29)28-23-20(24(31)32-4-2)21(30)18(34-23)11-13-9-16(26)22(17(27)10-13)33-12-14-7-5-6-8-15(14)25/h5-11,30H,3-4,12H2,1-2H3/b18-11-,28-23?. The third kappa shape index (κ3) is 6.16. The Morgan fingerprint density at radius 3 is 2.38 bits per heavy atom. The van der Waals surface area contributed by atoms with Crippen molar-refractivity contribution in [2.24, 2.45) is 4.99 Å². The van der Waals surface area contributed by atoms with Crippen molar-refractivity contribution in [3.63, 3.8) is 0 Å². The molecule has 0 atom stereocenters. The van der Waals surface area contributed by atoms with Gasteiger partial charge in [-0.15, -0.1) is 0 Å². The third-order valence-electron chi connectivity index (χ3n) is 4.55. The molecule has 0 saturated heterocycles. The highest BCUT2D eigenvalue weighted by molar-refractivity contribution is 8.18. The van der Waals surface area contributed by atoms with Crippen LogP contribution in [0.2, 0.25) is 15.1 Å². The second-order valence-electron chi connectivity index (χ2n) is 6.91. The highest BCUT2D eigenvalue weighted by Gasteiger charge is 2.33. The molecule has 178 valence electrons. The molecule has 34 heavy (non-hydrogen) atoms. The summed E-state index contributed by atoms with van der Waals surface area (Å²) in [6, 6.07) is 10.5. The molecule has 6 nitrogen and oxygen atoms in total. The van der Waals surface area contributed by atoms with Crippen molar-refractivity contribution in [2.75, 3.05) is 6.61 Å². The average Bonchev–Trinajstić information content (AvgIpc) is 3.08. The van der Waals surface area contributed by atoms with Gasteiger partial charge in [0.15, 0.2) is 5.75 Å². The lowest BCUT2D eigenvalue weighted by Gasteiger charge is -2.12. The molecule has 0 aliphatic carbocycles. The fourth-order valence-electron chi connectivity index (χ4n) is 2.90. The summed E-state index contributed by atoms with van der Waals surface area (Å²) in [5.41, 5.74) is 1.16. The summed E-state index contributed by atoms with van der Waals surface area (Å²) in [7, 11) is 0. The van der Waals surface area contributed by atoms with Crippen LogP contribution in [0.4, 0.5) is 0 Å². The molecule has 3 rings (SSSR count). The highest BCUT2D eigenvalue weighted by atomic mass is 35.5. The molecule has 1 aliphatic heterocycles. The average molecular weight is 541 g/mol. The van der Waals surface area contributed by atoms with E-state index in [4.69, 9.17) is 44.3 Å². The van der Waals surface area contributed by atoms with Gasteiger partial charge in [0.1, 0.15) is 23.0 Å². The second kappa shape index (κ2) is 11.8. The maximum Gasteiger partial charge on any atom is 0.344 e. The third-order valence-corrected chi connectivity index (χ3v) is 6.50. The maximum atomic E-state index is 12.4. The zero-order valence-corrected chi connectivity index (χ0v) is 21.3. The molecule has 0 spiro atoms. The maximum absolute atomic E-state index is 12.4. The zero-order valence-electron chi connectivity index (χ0n) is 18.2. The van der Waals surface area contributed by atoms with Crippen LogP contribution >= 0.6 is 46.6 Å². The lowest BCUT2D eigenvalue weighted by atomic mass is 10.1. The number of hydrogen-bond acceptors (Lipinski definition) is 6. The minimum atomic E-state index is -0.766. The van der Waals surface area contributed by atoms with E-state index in [1.165, 1.54) is 0 Å². The van der Waals surface area contributed by atoms with E-state index in [9.17, 15) is 14.7 Å². The van der Waals surface area contributed by atoms with Crippen LogP contribution in [0.5, 0.6) is 5.75 Å². The number of carbonyl (C=O) groups excluding carboxylic acids is 2. The van der Waals surface area contributed by atoms with Crippen molar-refractivity contribution in [1.82, 2.24) is 0 Å². The van der Waals surface area contributed by atoms with Crippen LogP contribution in [0, 0.1) is 0 Å². The molecule has 1 N–H and O–H groups in total. The topological polar surface area (TPSA) is 85.2 Å². The first-order valence-electron chi connectivity index (χ1n) is 10.2. The van der Waals surface area contributed by atoms with Gasteiger partial charge in [-0.05, 0) is 36.8 Å². The van der Waals surface area contributed by atoms with Gasteiger partial charge in [0, 0.05) is 17.0 Å². The highest BCUT2D eigenvalue weighted by Crippen LogP contribution is 2.41. The molecule has 0 fully saturated rings. The number of hydrogen-bond donors (Lipinski definition) is 1. The molecular weight excluding hydrogens is 521 g/mol. The molecule has 0 aromatic heterocycles. The van der Waals surface area contributed by atoms with Crippen LogP contribution in [0.1, 0.15) is 31.4 Å². The number of ether oxygens (including phenoxy) is 2. The molecule has 10 heteroatoms. The lowest BCUT2D eigenvalue weighted by Crippen LogP contribution is -2.14. The molecule has 2 aromatic rings. The Morgan fingerprint density at radius 1 is 1.09 bits per heavy atom. The van der Waals surface area contributed by atoms with Crippen LogP contribution in [-0.2, 0) is 20.9 Å². The van der Waals surface area contributed by atoms with E-state index in [2.05, 4.69) is 4.99 Å². The van der Waals surface area contributed by atoms with Gasteiger partial charge < -0.3 is 14.6 Å². The SMILES string of the molecule is CCOC(=O)C1=C(O)/C(=C/c2cc(Cl)c(OCc3ccccc3Cl)c(Cl)c2)SC1=NC(=O)CC. The Labute approximate surface area is 216 Å². The Balaban J connectivity index is 1.91. The largest absolute Gasteiger partial charge is 0.506 e. The van der Waals surface area contributed by atoms with Gasteiger partial charge in [0.25, 0.3) is 0 Å². The van der Waals surface area contributed by atoms with Crippen LogP contribution in [-0.4, -0.2) is 28.6 Å². The number of halogens is 3. The number of benzene rings is 2. The molecule has 1 aliphatic rings. The minimum Gasteiger partial charge on any atom is -0.506 e. The van der Waals surface area contributed by atoms with E-state index < -0.39 is 11.9 Å². The lowest BCUT2D eigenvalue weighted by molar-refractivity contribution is -0.138. The van der Waals surface area contributed by atoms with E-state index in [0.29, 0.717) is 15.5 Å². The number of aliphatic imine (C=N–C) groups is 1. The summed E-state index contributed by atoms with van der Waals surface area (Å²) in [4.78, 5) is 28.4. The Kier molecular flexibility index (Phi) is 9.08. The molecule has 0 bridgehead atoms. The van der Waals surface area contributed by atoms with Crippen LogP contribution in [0.3, 0.4) is 0 Å². The van der Waals surface area contributed by atoms with Crippen molar-refractivity contribution in [3.8, 4) is 5.75 Å². The number of thioether (sulfide) groups is 1. The van der Waals surface area contributed by atoms with E-state index in [1.807, 2.05) is 18.2 Å². The van der Waals surface area contributed by atoms with Crippen molar-refractivity contribution in [3.05, 3.63) is 78.8 Å². The van der Waals surface area contributed by atoms with Gasteiger partial charge >= 0.3 is 5.97 Å². The smallest absolute Gasteiger partial charge is 0.344 e. The number of nitrogens with zero attached hydrogens (tertiary/aromatic N) is 1. The van der Waals surface area contributed by atoms with E-state index in [-0.39, 0.29) is 51.8 Å². The quantitative estimate of drug-likeness (QED) is 0.380. The molecule has 0 radical (unpaired) electrons. The summed E-state index contributed by atoms with van der Waals surface area (Å²) < 4.78 is 10.8. The predicted molar refractivity (Wildman–Crippen MR) is 137 cm³/mol. The van der Waals surface area contributed by atoms with Gasteiger partial charge in [-0.1, -0.05) is 71.7 Å². The number of esters is 1. The van der Waals surface area contributed by atoms with Crippen molar-refractivity contribution in [2.45, 2.75) is 26.9 Å². The number of carbonyl (C=O) groups is 2. The molecule has 1 heterocycles. The Hall–Kier alpha value is -2.45. The minimum absolute atomic E-state index is 0.0749. The number of amides is 1.